The molecule has 3 aromatic carbocycles. The number of carbonyl (C=O) groups excluding carboxylic acids is 2. The maximum atomic E-state index is 14.4. The number of urea groups is 1. The van der Waals surface area contributed by atoms with Gasteiger partial charge in [-0.3, -0.25) is 9.69 Å². The molecule has 254 valence electrons. The van der Waals surface area contributed by atoms with Crippen LogP contribution in [0.25, 0.3) is 0 Å². The van der Waals surface area contributed by atoms with E-state index >= 15 is 0 Å². The fraction of sp³-hybridized carbons (Fsp3) is 0.459. The molecule has 1 aliphatic rings. The predicted octanol–water partition coefficient (Wildman–Crippen LogP) is 6.27. The number of hydrogen-bond donors (Lipinski definition) is 3. The second-order valence-corrected chi connectivity index (χ2v) is 12.5. The van der Waals surface area contributed by atoms with E-state index in [1.165, 1.54) is 5.56 Å². The number of ether oxygens (including phenoxy) is 3. The molecule has 47 heavy (non-hydrogen) atoms. The molecular formula is C37H50N4O6. The van der Waals surface area contributed by atoms with Crippen LogP contribution in [0.3, 0.4) is 0 Å². The average molecular weight is 647 g/mol. The highest BCUT2D eigenvalue weighted by molar-refractivity contribution is 6.02. The highest BCUT2D eigenvalue weighted by Gasteiger charge is 2.30. The number of nitrogens with one attached hydrogen (secondary N) is 2. The average Bonchev–Trinajstić information content (AvgIpc) is 3.06. The number of likely N-dealkylation sites (N-methyl/N-ethyl adjacent to an activating group) is 1. The first-order chi connectivity index (χ1) is 22.7. The van der Waals surface area contributed by atoms with Crippen molar-refractivity contribution in [2.45, 2.75) is 64.8 Å². The Labute approximate surface area is 279 Å². The number of benzene rings is 3. The Morgan fingerprint density at radius 3 is 2.45 bits per heavy atom. The minimum atomic E-state index is -0.458. The van der Waals surface area contributed by atoms with Crippen LogP contribution >= 0.6 is 0 Å². The molecule has 0 aromatic heterocycles. The van der Waals surface area contributed by atoms with Gasteiger partial charge in [0, 0.05) is 43.5 Å². The molecule has 0 saturated heterocycles. The quantitative estimate of drug-likeness (QED) is 0.251. The van der Waals surface area contributed by atoms with Gasteiger partial charge in [0.25, 0.3) is 5.91 Å². The molecule has 0 radical (unpaired) electrons. The fourth-order valence-corrected chi connectivity index (χ4v) is 5.70. The van der Waals surface area contributed by atoms with Crippen molar-refractivity contribution < 1.29 is 28.9 Å². The number of fused-ring (bicyclic) bond motifs is 1. The van der Waals surface area contributed by atoms with Gasteiger partial charge in [0.2, 0.25) is 0 Å². The standard InChI is InChI=1S/C37H50N4O6/c1-26-22-41(27(2)25-42)36(43)33-21-31(39-37(44)38-30-14-17-32(45-5)18-15-30)16-19-34(33)47-28(3)11-9-10-20-46-35(26)24-40(4)23-29-12-7-6-8-13-29/h6-8,12-19,21,26-28,35,42H,9-11,20,22-25H2,1-5H3,(H2,38,39,44)/t26-,27-,28-,35+/m1/s1. The second-order valence-electron chi connectivity index (χ2n) is 12.5. The molecule has 0 unspecified atom stereocenters. The molecule has 0 bridgehead atoms. The summed E-state index contributed by atoms with van der Waals surface area (Å²) < 4.78 is 18.0. The summed E-state index contributed by atoms with van der Waals surface area (Å²) in [4.78, 5) is 31.2. The van der Waals surface area contributed by atoms with Crippen molar-refractivity contribution >= 4 is 23.3 Å². The number of aliphatic hydroxyl groups excluding tert-OH is 1. The Bertz CT molecular complexity index is 1420. The summed E-state index contributed by atoms with van der Waals surface area (Å²) in [5, 5.41) is 15.9. The molecule has 0 saturated carbocycles. The van der Waals surface area contributed by atoms with Crippen molar-refractivity contribution in [1.29, 1.82) is 0 Å². The first-order valence-corrected chi connectivity index (χ1v) is 16.5. The molecule has 0 spiro atoms. The maximum Gasteiger partial charge on any atom is 0.323 e. The first-order valence-electron chi connectivity index (χ1n) is 16.5. The molecule has 10 nitrogen and oxygen atoms in total. The molecule has 3 amide bonds. The van der Waals surface area contributed by atoms with Gasteiger partial charge in [0.05, 0.1) is 37.5 Å². The molecule has 1 heterocycles. The largest absolute Gasteiger partial charge is 0.497 e. The van der Waals surface area contributed by atoms with E-state index in [1.807, 2.05) is 32.0 Å². The van der Waals surface area contributed by atoms with E-state index < -0.39 is 12.1 Å². The minimum absolute atomic E-state index is 0.0333. The van der Waals surface area contributed by atoms with Gasteiger partial charge < -0.3 is 34.9 Å². The van der Waals surface area contributed by atoms with Crippen molar-refractivity contribution in [3.8, 4) is 11.5 Å². The summed E-state index contributed by atoms with van der Waals surface area (Å²) >= 11 is 0. The van der Waals surface area contributed by atoms with Gasteiger partial charge in [0.15, 0.2) is 0 Å². The van der Waals surface area contributed by atoms with Gasteiger partial charge in [-0.05, 0) is 88.2 Å². The molecule has 10 heteroatoms. The van der Waals surface area contributed by atoms with Gasteiger partial charge in [0.1, 0.15) is 11.5 Å². The number of anilines is 2. The van der Waals surface area contributed by atoms with Crippen LogP contribution in [0.15, 0.2) is 72.8 Å². The number of amides is 3. The van der Waals surface area contributed by atoms with Crippen LogP contribution in [0.1, 0.15) is 56.0 Å². The molecule has 3 N–H and O–H groups in total. The Balaban J connectivity index is 1.57. The Morgan fingerprint density at radius 1 is 1.04 bits per heavy atom. The van der Waals surface area contributed by atoms with Crippen molar-refractivity contribution in [3.05, 3.63) is 83.9 Å². The third kappa shape index (κ3) is 10.7. The van der Waals surface area contributed by atoms with Gasteiger partial charge in [-0.2, -0.15) is 0 Å². The SMILES string of the molecule is COc1ccc(NC(=O)Nc2ccc3c(c2)C(=O)N([C@H](C)CO)C[C@@H](C)[C@H](CN(C)Cc2ccccc2)OCCCC[C@@H](C)O3)cc1. The highest BCUT2D eigenvalue weighted by Crippen LogP contribution is 2.29. The zero-order chi connectivity index (χ0) is 33.8. The summed E-state index contributed by atoms with van der Waals surface area (Å²) in [6, 6.07) is 21.5. The van der Waals surface area contributed by atoms with E-state index in [0.717, 1.165) is 25.8 Å². The van der Waals surface area contributed by atoms with E-state index in [2.05, 4.69) is 41.6 Å². The summed E-state index contributed by atoms with van der Waals surface area (Å²) in [5.74, 6) is 0.809. The first kappa shape index (κ1) is 35.7. The number of carbonyl (C=O) groups is 2. The lowest BCUT2D eigenvalue weighted by Gasteiger charge is -2.36. The lowest BCUT2D eigenvalue weighted by atomic mass is 10.0. The Morgan fingerprint density at radius 2 is 1.74 bits per heavy atom. The number of rotatable bonds is 9. The number of methoxy groups -OCH3 is 1. The van der Waals surface area contributed by atoms with Crippen LogP contribution in [0.2, 0.25) is 0 Å². The summed E-state index contributed by atoms with van der Waals surface area (Å²) in [6.45, 7) is 8.19. The molecule has 3 aromatic rings. The molecule has 1 aliphatic heterocycles. The van der Waals surface area contributed by atoms with E-state index in [0.29, 0.717) is 48.1 Å². The van der Waals surface area contributed by atoms with E-state index in [1.54, 1.807) is 54.5 Å². The Hall–Kier alpha value is -4.12. The predicted molar refractivity (Wildman–Crippen MR) is 185 cm³/mol. The van der Waals surface area contributed by atoms with Crippen LogP contribution in [0, 0.1) is 5.92 Å². The van der Waals surface area contributed by atoms with Gasteiger partial charge in [-0.15, -0.1) is 0 Å². The topological polar surface area (TPSA) is 113 Å². The number of nitrogens with zero attached hydrogens (tertiary/aromatic N) is 2. The molecule has 0 fully saturated rings. The second kappa shape index (κ2) is 17.7. The number of hydrogen-bond acceptors (Lipinski definition) is 7. The Kier molecular flexibility index (Phi) is 13.5. The zero-order valence-electron chi connectivity index (χ0n) is 28.3. The monoisotopic (exact) mass is 646 g/mol. The van der Waals surface area contributed by atoms with Gasteiger partial charge in [-0.25, -0.2) is 4.79 Å². The molecule has 4 rings (SSSR count). The highest BCUT2D eigenvalue weighted by atomic mass is 16.5. The van der Waals surface area contributed by atoms with Crippen LogP contribution in [-0.4, -0.2) is 85.6 Å². The van der Waals surface area contributed by atoms with Crippen LogP contribution in [0.4, 0.5) is 16.2 Å². The van der Waals surface area contributed by atoms with Crippen LogP contribution in [-0.2, 0) is 11.3 Å². The molecule has 0 aliphatic carbocycles. The van der Waals surface area contributed by atoms with Crippen molar-refractivity contribution in [2.24, 2.45) is 5.92 Å². The zero-order valence-corrected chi connectivity index (χ0v) is 28.3. The summed E-state index contributed by atoms with van der Waals surface area (Å²) in [7, 11) is 3.67. The minimum Gasteiger partial charge on any atom is -0.497 e. The summed E-state index contributed by atoms with van der Waals surface area (Å²) in [5.41, 5.74) is 2.58. The van der Waals surface area contributed by atoms with Crippen molar-refractivity contribution in [1.82, 2.24) is 9.80 Å². The normalized spacial score (nSPS) is 20.0. The third-order valence-electron chi connectivity index (χ3n) is 8.44. The lowest BCUT2D eigenvalue weighted by Crippen LogP contribution is -2.47. The lowest BCUT2D eigenvalue weighted by molar-refractivity contribution is -0.0177. The third-order valence-corrected chi connectivity index (χ3v) is 8.44. The molecular weight excluding hydrogens is 596 g/mol. The van der Waals surface area contributed by atoms with Crippen molar-refractivity contribution in [2.75, 3.05) is 51.1 Å². The van der Waals surface area contributed by atoms with E-state index in [9.17, 15) is 14.7 Å². The van der Waals surface area contributed by atoms with Gasteiger partial charge >= 0.3 is 6.03 Å². The summed E-state index contributed by atoms with van der Waals surface area (Å²) in [6.07, 6.45) is 2.34. The fourth-order valence-electron chi connectivity index (χ4n) is 5.70. The van der Waals surface area contributed by atoms with E-state index in [4.69, 9.17) is 14.2 Å². The maximum absolute atomic E-state index is 14.4. The smallest absolute Gasteiger partial charge is 0.323 e. The number of aliphatic hydroxyl groups is 1. The van der Waals surface area contributed by atoms with Crippen LogP contribution < -0.4 is 20.1 Å². The van der Waals surface area contributed by atoms with Gasteiger partial charge in [-0.1, -0.05) is 37.3 Å². The van der Waals surface area contributed by atoms with Crippen LogP contribution in [0.5, 0.6) is 11.5 Å². The molecule has 4 atom stereocenters. The van der Waals surface area contributed by atoms with Crippen molar-refractivity contribution in [3.63, 3.8) is 0 Å². The van der Waals surface area contributed by atoms with E-state index in [-0.39, 0.29) is 30.6 Å².